The molecule has 1 aromatic rings. The Morgan fingerprint density at radius 1 is 1.05 bits per heavy atom. The minimum absolute atomic E-state index is 0.191. The summed E-state index contributed by atoms with van der Waals surface area (Å²) in [5.41, 5.74) is 1.74. The molecule has 1 saturated heterocycles. The number of rotatable bonds is 0. The zero-order chi connectivity index (χ0) is 14.8. The summed E-state index contributed by atoms with van der Waals surface area (Å²) in [6.07, 6.45) is 1.22. The van der Waals surface area contributed by atoms with Crippen LogP contribution in [0.4, 0.5) is 0 Å². The van der Waals surface area contributed by atoms with Crippen molar-refractivity contribution in [1.82, 2.24) is 0 Å². The van der Waals surface area contributed by atoms with E-state index in [0.717, 1.165) is 11.1 Å². The van der Waals surface area contributed by atoms with Gasteiger partial charge >= 0.3 is 11.9 Å². The van der Waals surface area contributed by atoms with E-state index in [0.29, 0.717) is 0 Å². The molecule has 0 saturated carbocycles. The molecule has 0 aromatic heterocycles. The number of hydrogen-bond acceptors (Lipinski definition) is 4. The maximum absolute atomic E-state index is 11.6. The molecule has 0 bridgehead atoms. The summed E-state index contributed by atoms with van der Waals surface area (Å²) in [5, 5.41) is 0. The minimum Gasteiger partial charge on any atom is -0.419 e. The van der Waals surface area contributed by atoms with Crippen LogP contribution in [0, 0.1) is 18.8 Å². The van der Waals surface area contributed by atoms with Crippen LogP contribution in [0.5, 0.6) is 0 Å². The number of esters is 2. The number of hydrogen-bond donors (Lipinski definition) is 0. The molecule has 1 aliphatic rings. The molecule has 0 N–H and O–H groups in total. The first kappa shape index (κ1) is 13.9. The van der Waals surface area contributed by atoms with Crippen LogP contribution in [0.25, 0.3) is 0 Å². The molecule has 0 amide bonds. The van der Waals surface area contributed by atoms with E-state index in [-0.39, 0.29) is 5.57 Å². The molecular formula is C16H14O4. The van der Waals surface area contributed by atoms with Crippen molar-refractivity contribution in [2.45, 2.75) is 26.6 Å². The molecule has 0 atom stereocenters. The van der Waals surface area contributed by atoms with Gasteiger partial charge in [0.15, 0.2) is 5.57 Å². The number of benzene rings is 1. The SMILES string of the molecule is Cc1ccc(C#CC=C2C(=O)OC(C)(C)OC2=O)cc1. The van der Waals surface area contributed by atoms with E-state index in [1.165, 1.54) is 19.9 Å². The van der Waals surface area contributed by atoms with Gasteiger partial charge in [-0.15, -0.1) is 0 Å². The number of cyclic esters (lactones) is 2. The first-order valence-electron chi connectivity index (χ1n) is 6.12. The molecule has 0 radical (unpaired) electrons. The van der Waals surface area contributed by atoms with Crippen LogP contribution in [-0.2, 0) is 19.1 Å². The van der Waals surface area contributed by atoms with E-state index < -0.39 is 17.7 Å². The standard InChI is InChI=1S/C16H14O4/c1-11-7-9-12(10-8-11)5-4-6-13-14(17)19-16(2,3)20-15(13)18/h6-10H,1-3H3. The molecule has 2 rings (SSSR count). The van der Waals surface area contributed by atoms with Gasteiger partial charge in [-0.05, 0) is 19.1 Å². The Bertz CT molecular complexity index is 617. The van der Waals surface area contributed by atoms with Gasteiger partial charge in [0.2, 0.25) is 0 Å². The van der Waals surface area contributed by atoms with Gasteiger partial charge in [-0.3, -0.25) is 0 Å². The average Bonchev–Trinajstić information content (AvgIpc) is 2.33. The molecule has 4 nitrogen and oxygen atoms in total. The second kappa shape index (κ2) is 5.22. The molecule has 1 aliphatic heterocycles. The summed E-state index contributed by atoms with van der Waals surface area (Å²) in [6, 6.07) is 7.59. The lowest BCUT2D eigenvalue weighted by molar-refractivity contribution is -0.222. The fraction of sp³-hybridized carbons (Fsp3) is 0.250. The van der Waals surface area contributed by atoms with Crippen LogP contribution >= 0.6 is 0 Å². The highest BCUT2D eigenvalue weighted by atomic mass is 16.7. The van der Waals surface area contributed by atoms with Gasteiger partial charge in [0.05, 0.1) is 0 Å². The minimum atomic E-state index is -1.23. The van der Waals surface area contributed by atoms with Crippen molar-refractivity contribution in [3.8, 4) is 11.8 Å². The maximum Gasteiger partial charge on any atom is 0.349 e. The summed E-state index contributed by atoms with van der Waals surface area (Å²) < 4.78 is 9.91. The Kier molecular flexibility index (Phi) is 3.62. The van der Waals surface area contributed by atoms with Crippen molar-refractivity contribution in [2.75, 3.05) is 0 Å². The Morgan fingerprint density at radius 2 is 1.60 bits per heavy atom. The third-order valence-electron chi connectivity index (χ3n) is 2.60. The summed E-state index contributed by atoms with van der Waals surface area (Å²) in [7, 11) is 0. The van der Waals surface area contributed by atoms with Crippen LogP contribution < -0.4 is 0 Å². The Hall–Kier alpha value is -2.54. The van der Waals surface area contributed by atoms with Crippen molar-refractivity contribution >= 4 is 11.9 Å². The quantitative estimate of drug-likeness (QED) is 0.313. The molecule has 4 heteroatoms. The summed E-state index contributed by atoms with van der Waals surface area (Å²) >= 11 is 0. The largest absolute Gasteiger partial charge is 0.419 e. The van der Waals surface area contributed by atoms with Crippen LogP contribution in [0.2, 0.25) is 0 Å². The van der Waals surface area contributed by atoms with Gasteiger partial charge in [0.1, 0.15) is 0 Å². The first-order chi connectivity index (χ1) is 9.37. The maximum atomic E-state index is 11.6. The van der Waals surface area contributed by atoms with Crippen molar-refractivity contribution in [1.29, 1.82) is 0 Å². The van der Waals surface area contributed by atoms with Crippen LogP contribution in [-0.4, -0.2) is 17.7 Å². The van der Waals surface area contributed by atoms with Gasteiger partial charge in [-0.1, -0.05) is 29.5 Å². The Labute approximate surface area is 117 Å². The highest BCUT2D eigenvalue weighted by Crippen LogP contribution is 2.22. The van der Waals surface area contributed by atoms with E-state index >= 15 is 0 Å². The van der Waals surface area contributed by atoms with Crippen molar-refractivity contribution < 1.29 is 19.1 Å². The fourth-order valence-corrected chi connectivity index (χ4v) is 1.61. The number of ether oxygens (including phenoxy) is 2. The first-order valence-corrected chi connectivity index (χ1v) is 6.12. The highest BCUT2D eigenvalue weighted by Gasteiger charge is 2.38. The van der Waals surface area contributed by atoms with Gasteiger partial charge < -0.3 is 9.47 Å². The molecule has 1 heterocycles. The Morgan fingerprint density at radius 3 is 2.15 bits per heavy atom. The predicted molar refractivity (Wildman–Crippen MR) is 72.4 cm³/mol. The van der Waals surface area contributed by atoms with E-state index in [4.69, 9.17) is 9.47 Å². The molecule has 0 unspecified atom stereocenters. The monoisotopic (exact) mass is 270 g/mol. The highest BCUT2D eigenvalue weighted by molar-refractivity contribution is 6.15. The normalized spacial score (nSPS) is 16.6. The number of carbonyl (C=O) groups is 2. The van der Waals surface area contributed by atoms with E-state index in [1.807, 2.05) is 31.2 Å². The fourth-order valence-electron chi connectivity index (χ4n) is 1.61. The lowest BCUT2D eigenvalue weighted by Crippen LogP contribution is -2.41. The molecule has 0 spiro atoms. The van der Waals surface area contributed by atoms with Crippen LogP contribution in [0.15, 0.2) is 35.9 Å². The zero-order valence-electron chi connectivity index (χ0n) is 11.5. The van der Waals surface area contributed by atoms with Crippen molar-refractivity contribution in [3.05, 3.63) is 47.0 Å². The van der Waals surface area contributed by atoms with Gasteiger partial charge in [0.25, 0.3) is 5.79 Å². The number of aryl methyl sites for hydroxylation is 1. The van der Waals surface area contributed by atoms with Gasteiger partial charge in [-0.25, -0.2) is 9.59 Å². The van der Waals surface area contributed by atoms with Crippen molar-refractivity contribution in [3.63, 3.8) is 0 Å². The summed E-state index contributed by atoms with van der Waals surface area (Å²) in [4.78, 5) is 23.3. The van der Waals surface area contributed by atoms with Crippen LogP contribution in [0.3, 0.4) is 0 Å². The number of carbonyl (C=O) groups excluding carboxylic acids is 2. The second-order valence-electron chi connectivity index (χ2n) is 4.87. The number of allylic oxidation sites excluding steroid dienone is 1. The molecule has 1 aromatic carbocycles. The average molecular weight is 270 g/mol. The molecule has 102 valence electrons. The topological polar surface area (TPSA) is 52.6 Å². The predicted octanol–water partition coefficient (Wildman–Crippen LogP) is 2.11. The smallest absolute Gasteiger partial charge is 0.349 e. The third kappa shape index (κ3) is 3.27. The lowest BCUT2D eigenvalue weighted by atomic mass is 10.1. The van der Waals surface area contributed by atoms with Gasteiger partial charge in [-0.2, -0.15) is 0 Å². The van der Waals surface area contributed by atoms with E-state index in [1.54, 1.807) is 0 Å². The lowest BCUT2D eigenvalue weighted by Gasteiger charge is -2.29. The molecular weight excluding hydrogens is 256 g/mol. The van der Waals surface area contributed by atoms with E-state index in [9.17, 15) is 9.59 Å². The molecule has 20 heavy (non-hydrogen) atoms. The van der Waals surface area contributed by atoms with Gasteiger partial charge in [0, 0.05) is 25.5 Å². The Balaban J connectivity index is 2.18. The van der Waals surface area contributed by atoms with Crippen LogP contribution in [0.1, 0.15) is 25.0 Å². The second-order valence-corrected chi connectivity index (χ2v) is 4.87. The molecule has 1 fully saturated rings. The zero-order valence-corrected chi connectivity index (χ0v) is 11.5. The van der Waals surface area contributed by atoms with Crippen molar-refractivity contribution in [2.24, 2.45) is 0 Å². The summed E-state index contributed by atoms with van der Waals surface area (Å²) in [5.74, 6) is 2.84. The van der Waals surface area contributed by atoms with E-state index in [2.05, 4.69) is 11.8 Å². The molecule has 0 aliphatic carbocycles. The third-order valence-corrected chi connectivity index (χ3v) is 2.60. The summed E-state index contributed by atoms with van der Waals surface area (Å²) in [6.45, 7) is 4.98.